The van der Waals surface area contributed by atoms with Crippen LogP contribution in [0.2, 0.25) is 0 Å². The fourth-order valence-electron chi connectivity index (χ4n) is 1.44. The summed E-state index contributed by atoms with van der Waals surface area (Å²) < 4.78 is 40.2. The van der Waals surface area contributed by atoms with E-state index >= 15 is 0 Å². The number of ether oxygens (including phenoxy) is 3. The molecule has 17 heavy (non-hydrogen) atoms. The standard InChI is InChI=1S/C11H15F2NO3/c1-15-7-4-6(9(14)11(12)13)5-8(16-2)10(7)17-3/h4-5,9,11H,14H2,1-3H3/t9-/m1/s1. The lowest BCUT2D eigenvalue weighted by Crippen LogP contribution is -2.19. The average molecular weight is 247 g/mol. The summed E-state index contributed by atoms with van der Waals surface area (Å²) in [4.78, 5) is 0. The van der Waals surface area contributed by atoms with E-state index in [9.17, 15) is 8.78 Å². The summed E-state index contributed by atoms with van der Waals surface area (Å²) in [6.45, 7) is 0. The predicted molar refractivity (Wildman–Crippen MR) is 59.0 cm³/mol. The van der Waals surface area contributed by atoms with Gasteiger partial charge in [0.25, 0.3) is 6.43 Å². The van der Waals surface area contributed by atoms with Crippen molar-refractivity contribution in [3.63, 3.8) is 0 Å². The molecule has 0 spiro atoms. The van der Waals surface area contributed by atoms with Gasteiger partial charge in [-0.1, -0.05) is 0 Å². The van der Waals surface area contributed by atoms with Crippen LogP contribution < -0.4 is 19.9 Å². The van der Waals surface area contributed by atoms with Gasteiger partial charge in [-0.2, -0.15) is 0 Å². The zero-order valence-electron chi connectivity index (χ0n) is 9.87. The fraction of sp³-hybridized carbons (Fsp3) is 0.455. The molecule has 0 bridgehead atoms. The number of hydrogen-bond acceptors (Lipinski definition) is 4. The molecule has 0 aliphatic rings. The molecule has 1 rings (SSSR count). The molecule has 0 aromatic heterocycles. The Kier molecular flexibility index (Phi) is 4.51. The molecule has 1 aromatic carbocycles. The van der Waals surface area contributed by atoms with Crippen molar-refractivity contribution in [1.29, 1.82) is 0 Å². The van der Waals surface area contributed by atoms with E-state index in [1.165, 1.54) is 33.5 Å². The van der Waals surface area contributed by atoms with Crippen LogP contribution in [0.3, 0.4) is 0 Å². The highest BCUT2D eigenvalue weighted by atomic mass is 19.3. The van der Waals surface area contributed by atoms with Gasteiger partial charge >= 0.3 is 0 Å². The lowest BCUT2D eigenvalue weighted by Gasteiger charge is -2.17. The minimum absolute atomic E-state index is 0.231. The fourth-order valence-corrected chi connectivity index (χ4v) is 1.44. The number of methoxy groups -OCH3 is 3. The zero-order chi connectivity index (χ0) is 13.0. The van der Waals surface area contributed by atoms with E-state index < -0.39 is 12.5 Å². The molecule has 0 amide bonds. The van der Waals surface area contributed by atoms with Crippen molar-refractivity contribution >= 4 is 0 Å². The van der Waals surface area contributed by atoms with Crippen LogP contribution in [-0.2, 0) is 0 Å². The van der Waals surface area contributed by atoms with Crippen molar-refractivity contribution in [2.45, 2.75) is 12.5 Å². The summed E-state index contributed by atoms with van der Waals surface area (Å²) in [5, 5.41) is 0. The van der Waals surface area contributed by atoms with Crippen molar-refractivity contribution in [2.24, 2.45) is 5.73 Å². The third-order valence-electron chi connectivity index (χ3n) is 2.34. The largest absolute Gasteiger partial charge is 0.493 e. The van der Waals surface area contributed by atoms with Gasteiger partial charge in [-0.25, -0.2) is 8.78 Å². The lowest BCUT2D eigenvalue weighted by atomic mass is 10.1. The maximum absolute atomic E-state index is 12.5. The topological polar surface area (TPSA) is 53.7 Å². The van der Waals surface area contributed by atoms with Crippen molar-refractivity contribution < 1.29 is 23.0 Å². The Labute approximate surface area is 98.3 Å². The molecule has 0 aliphatic heterocycles. The highest BCUT2D eigenvalue weighted by Crippen LogP contribution is 2.40. The van der Waals surface area contributed by atoms with Gasteiger partial charge in [0.15, 0.2) is 11.5 Å². The molecule has 6 heteroatoms. The summed E-state index contributed by atoms with van der Waals surface area (Å²) >= 11 is 0. The summed E-state index contributed by atoms with van der Waals surface area (Å²) in [5.74, 6) is 0.955. The van der Waals surface area contributed by atoms with E-state index in [4.69, 9.17) is 19.9 Å². The first-order chi connectivity index (χ1) is 8.04. The quantitative estimate of drug-likeness (QED) is 0.864. The molecule has 1 atom stereocenters. The summed E-state index contributed by atoms with van der Waals surface area (Å²) in [5.41, 5.74) is 5.61. The number of hydrogen-bond donors (Lipinski definition) is 1. The van der Waals surface area contributed by atoms with Gasteiger partial charge in [0.1, 0.15) is 0 Å². The van der Waals surface area contributed by atoms with Crippen molar-refractivity contribution in [1.82, 2.24) is 0 Å². The molecule has 0 saturated carbocycles. The molecule has 96 valence electrons. The molecule has 1 aromatic rings. The Bertz CT molecular complexity index is 360. The van der Waals surface area contributed by atoms with Crippen LogP contribution in [0.15, 0.2) is 12.1 Å². The van der Waals surface area contributed by atoms with Crippen molar-refractivity contribution in [3.8, 4) is 17.2 Å². The van der Waals surface area contributed by atoms with Gasteiger partial charge in [0, 0.05) is 0 Å². The van der Waals surface area contributed by atoms with Crippen LogP contribution >= 0.6 is 0 Å². The van der Waals surface area contributed by atoms with Gasteiger partial charge in [0.05, 0.1) is 27.4 Å². The SMILES string of the molecule is COc1cc([C@@H](N)C(F)F)cc(OC)c1OC. The van der Waals surface area contributed by atoms with Gasteiger partial charge in [-0.3, -0.25) is 0 Å². The van der Waals surface area contributed by atoms with Crippen molar-refractivity contribution in [3.05, 3.63) is 17.7 Å². The second-order valence-corrected chi connectivity index (χ2v) is 3.32. The third-order valence-corrected chi connectivity index (χ3v) is 2.34. The second kappa shape index (κ2) is 5.67. The number of nitrogens with two attached hydrogens (primary N) is 1. The lowest BCUT2D eigenvalue weighted by molar-refractivity contribution is 0.116. The second-order valence-electron chi connectivity index (χ2n) is 3.32. The summed E-state index contributed by atoms with van der Waals surface area (Å²) in [6, 6.07) is 1.44. The monoisotopic (exact) mass is 247 g/mol. The summed E-state index contributed by atoms with van der Waals surface area (Å²) in [6.07, 6.45) is -2.65. The minimum Gasteiger partial charge on any atom is -0.493 e. The van der Waals surface area contributed by atoms with Crippen LogP contribution in [0.5, 0.6) is 17.2 Å². The number of rotatable bonds is 5. The average Bonchev–Trinajstić information content (AvgIpc) is 2.35. The van der Waals surface area contributed by atoms with Gasteiger partial charge in [-0.15, -0.1) is 0 Å². The first kappa shape index (κ1) is 13.5. The molecule has 0 aliphatic carbocycles. The highest BCUT2D eigenvalue weighted by Gasteiger charge is 2.22. The van der Waals surface area contributed by atoms with Crippen LogP contribution in [0.25, 0.3) is 0 Å². The smallest absolute Gasteiger partial charge is 0.257 e. The van der Waals surface area contributed by atoms with E-state index in [1.54, 1.807) is 0 Å². The van der Waals surface area contributed by atoms with Gasteiger partial charge in [0.2, 0.25) is 5.75 Å². The van der Waals surface area contributed by atoms with Crippen LogP contribution in [-0.4, -0.2) is 27.8 Å². The maximum atomic E-state index is 12.5. The van der Waals surface area contributed by atoms with E-state index in [-0.39, 0.29) is 5.56 Å². The van der Waals surface area contributed by atoms with Crippen LogP contribution in [0, 0.1) is 0 Å². The van der Waals surface area contributed by atoms with Crippen LogP contribution in [0.4, 0.5) is 8.78 Å². The molecular formula is C11H15F2NO3. The molecule has 4 nitrogen and oxygen atoms in total. The van der Waals surface area contributed by atoms with Crippen LogP contribution in [0.1, 0.15) is 11.6 Å². The van der Waals surface area contributed by atoms with E-state index in [2.05, 4.69) is 0 Å². The molecule has 0 radical (unpaired) electrons. The Morgan fingerprint density at radius 3 is 1.76 bits per heavy atom. The molecule has 0 saturated heterocycles. The zero-order valence-corrected chi connectivity index (χ0v) is 9.87. The first-order valence-corrected chi connectivity index (χ1v) is 4.88. The predicted octanol–water partition coefficient (Wildman–Crippen LogP) is 1.98. The number of benzene rings is 1. The third kappa shape index (κ3) is 2.76. The molecule has 0 unspecified atom stereocenters. The highest BCUT2D eigenvalue weighted by molar-refractivity contribution is 5.54. The van der Waals surface area contributed by atoms with Gasteiger partial charge < -0.3 is 19.9 Å². The Morgan fingerprint density at radius 1 is 1.00 bits per heavy atom. The first-order valence-electron chi connectivity index (χ1n) is 4.88. The normalized spacial score (nSPS) is 12.4. The van der Waals surface area contributed by atoms with Crippen molar-refractivity contribution in [2.75, 3.05) is 21.3 Å². The molecule has 0 fully saturated rings. The molecular weight excluding hydrogens is 232 g/mol. The Morgan fingerprint density at radius 2 is 1.47 bits per heavy atom. The summed E-state index contributed by atoms with van der Waals surface area (Å²) in [7, 11) is 4.26. The minimum atomic E-state index is -2.65. The Balaban J connectivity index is 3.27. The van der Waals surface area contributed by atoms with Gasteiger partial charge in [-0.05, 0) is 17.7 Å². The maximum Gasteiger partial charge on any atom is 0.257 e. The Hall–Kier alpha value is -1.56. The van der Waals surface area contributed by atoms with E-state index in [0.29, 0.717) is 17.2 Å². The molecule has 2 N–H and O–H groups in total. The number of halogens is 2. The molecule has 0 heterocycles. The van der Waals surface area contributed by atoms with E-state index in [1.807, 2.05) is 0 Å². The number of alkyl halides is 2. The van der Waals surface area contributed by atoms with E-state index in [0.717, 1.165) is 0 Å².